The lowest BCUT2D eigenvalue weighted by Gasteiger charge is -2.12. The molecule has 1 amide bonds. The molecule has 76 valence electrons. The number of halogens is 1. The molecule has 0 radical (unpaired) electrons. The maximum atomic E-state index is 10.9. The summed E-state index contributed by atoms with van der Waals surface area (Å²) >= 11 is 7.24. The minimum absolute atomic E-state index is 0.321. The molecule has 0 aromatic carbocycles. The van der Waals surface area contributed by atoms with Crippen LogP contribution in [0.4, 0.5) is 0 Å². The van der Waals surface area contributed by atoms with Crippen LogP contribution in [0.25, 0.3) is 0 Å². The van der Waals surface area contributed by atoms with Gasteiger partial charge in [-0.3, -0.25) is 9.59 Å². The van der Waals surface area contributed by atoms with Gasteiger partial charge in [0.15, 0.2) is 0 Å². The monoisotopic (exact) mass is 231 g/mol. The van der Waals surface area contributed by atoms with Crippen LogP contribution in [-0.2, 0) is 16.0 Å². The SMILES string of the molecule is CN(CCc1ccc(Cl)s1)C(=O)C=O. The standard InChI is InChI=1S/C9H10ClNO2S/c1-11(9(13)6-12)5-4-7-2-3-8(10)14-7/h2-3,6H,4-5H2,1H3. The molecule has 3 nitrogen and oxygen atoms in total. The normalized spacial score (nSPS) is 9.86. The quantitative estimate of drug-likeness (QED) is 0.583. The predicted octanol–water partition coefficient (Wildman–Crippen LogP) is 1.60. The van der Waals surface area contributed by atoms with E-state index in [0.29, 0.717) is 12.8 Å². The molecule has 1 aromatic rings. The molecular formula is C9H10ClNO2S. The molecule has 0 aliphatic heterocycles. The predicted molar refractivity (Wildman–Crippen MR) is 56.7 cm³/mol. The summed E-state index contributed by atoms with van der Waals surface area (Å²) in [6, 6.07) is 3.75. The molecule has 0 spiro atoms. The second-order valence-electron chi connectivity index (χ2n) is 2.83. The smallest absolute Gasteiger partial charge is 0.286 e. The number of hydrogen-bond acceptors (Lipinski definition) is 3. The van der Waals surface area contributed by atoms with E-state index < -0.39 is 5.91 Å². The van der Waals surface area contributed by atoms with Crippen molar-refractivity contribution < 1.29 is 9.59 Å². The second-order valence-corrected chi connectivity index (χ2v) is 4.63. The first-order valence-corrected chi connectivity index (χ1v) is 5.27. The van der Waals surface area contributed by atoms with E-state index in [-0.39, 0.29) is 0 Å². The van der Waals surface area contributed by atoms with Gasteiger partial charge in [0, 0.05) is 18.5 Å². The zero-order valence-electron chi connectivity index (χ0n) is 7.70. The molecule has 0 aliphatic rings. The van der Waals surface area contributed by atoms with Gasteiger partial charge in [0.1, 0.15) is 0 Å². The van der Waals surface area contributed by atoms with Gasteiger partial charge < -0.3 is 4.90 Å². The van der Waals surface area contributed by atoms with Crippen LogP contribution in [0.1, 0.15) is 4.88 Å². The number of carbonyl (C=O) groups is 2. The Kier molecular flexibility index (Phi) is 4.10. The Labute approximate surface area is 91.3 Å². The Morgan fingerprint density at radius 3 is 2.86 bits per heavy atom. The summed E-state index contributed by atoms with van der Waals surface area (Å²) in [7, 11) is 1.60. The van der Waals surface area contributed by atoms with Crippen LogP contribution in [0.5, 0.6) is 0 Å². The number of carbonyl (C=O) groups excluding carboxylic acids is 2. The molecule has 5 heteroatoms. The highest BCUT2D eigenvalue weighted by Crippen LogP contribution is 2.21. The Bertz CT molecular complexity index is 337. The minimum atomic E-state index is -0.493. The Morgan fingerprint density at radius 2 is 2.36 bits per heavy atom. The first-order chi connectivity index (χ1) is 6.63. The van der Waals surface area contributed by atoms with Gasteiger partial charge in [-0.25, -0.2) is 0 Å². The third-order valence-electron chi connectivity index (χ3n) is 1.80. The Hall–Kier alpha value is -0.870. The topological polar surface area (TPSA) is 37.4 Å². The van der Waals surface area contributed by atoms with Gasteiger partial charge in [0.25, 0.3) is 5.91 Å². The van der Waals surface area contributed by atoms with Crippen molar-refractivity contribution in [2.24, 2.45) is 0 Å². The third kappa shape index (κ3) is 3.12. The highest BCUT2D eigenvalue weighted by atomic mass is 35.5. The number of likely N-dealkylation sites (N-methyl/N-ethyl adjacent to an activating group) is 1. The van der Waals surface area contributed by atoms with E-state index in [1.807, 2.05) is 12.1 Å². The molecule has 0 atom stereocenters. The van der Waals surface area contributed by atoms with Crippen LogP contribution in [0.15, 0.2) is 12.1 Å². The summed E-state index contributed by atoms with van der Waals surface area (Å²) in [5, 5.41) is 0. The number of aldehydes is 1. The molecule has 14 heavy (non-hydrogen) atoms. The molecule has 1 rings (SSSR count). The Morgan fingerprint density at radius 1 is 1.64 bits per heavy atom. The van der Waals surface area contributed by atoms with Crippen LogP contribution >= 0.6 is 22.9 Å². The van der Waals surface area contributed by atoms with E-state index in [2.05, 4.69) is 0 Å². The van der Waals surface area contributed by atoms with E-state index in [9.17, 15) is 9.59 Å². The van der Waals surface area contributed by atoms with Gasteiger partial charge in [-0.2, -0.15) is 0 Å². The largest absolute Gasteiger partial charge is 0.339 e. The van der Waals surface area contributed by atoms with Crippen LogP contribution in [0.3, 0.4) is 0 Å². The van der Waals surface area contributed by atoms with Crippen LogP contribution < -0.4 is 0 Å². The molecule has 0 unspecified atom stereocenters. The van der Waals surface area contributed by atoms with Gasteiger partial charge in [-0.05, 0) is 18.6 Å². The maximum absolute atomic E-state index is 10.9. The Balaban J connectivity index is 2.41. The van der Waals surface area contributed by atoms with Crippen molar-refractivity contribution in [1.82, 2.24) is 4.90 Å². The first kappa shape index (κ1) is 11.2. The van der Waals surface area contributed by atoms with E-state index in [1.54, 1.807) is 7.05 Å². The molecule has 0 fully saturated rings. The highest BCUT2D eigenvalue weighted by molar-refractivity contribution is 7.16. The maximum Gasteiger partial charge on any atom is 0.286 e. The summed E-state index contributed by atoms with van der Waals surface area (Å²) in [5.41, 5.74) is 0. The van der Waals surface area contributed by atoms with E-state index in [4.69, 9.17) is 11.6 Å². The summed E-state index contributed by atoms with van der Waals surface area (Å²) in [5.74, 6) is -0.493. The van der Waals surface area contributed by atoms with E-state index in [0.717, 1.165) is 15.6 Å². The van der Waals surface area contributed by atoms with Gasteiger partial charge in [-0.15, -0.1) is 11.3 Å². The van der Waals surface area contributed by atoms with Crippen LogP contribution in [0.2, 0.25) is 4.34 Å². The highest BCUT2D eigenvalue weighted by Gasteiger charge is 2.07. The molecule has 1 aromatic heterocycles. The van der Waals surface area contributed by atoms with Crippen molar-refractivity contribution in [1.29, 1.82) is 0 Å². The number of rotatable bonds is 4. The van der Waals surface area contributed by atoms with E-state index >= 15 is 0 Å². The molecule has 0 bridgehead atoms. The number of amides is 1. The number of hydrogen-bond donors (Lipinski definition) is 0. The summed E-state index contributed by atoms with van der Waals surface area (Å²) < 4.78 is 0.740. The lowest BCUT2D eigenvalue weighted by molar-refractivity contribution is -0.137. The lowest BCUT2D eigenvalue weighted by Crippen LogP contribution is -2.29. The zero-order chi connectivity index (χ0) is 10.6. The first-order valence-electron chi connectivity index (χ1n) is 4.08. The van der Waals surface area contributed by atoms with Crippen molar-refractivity contribution in [2.75, 3.05) is 13.6 Å². The number of nitrogens with zero attached hydrogens (tertiary/aromatic N) is 1. The van der Waals surface area contributed by atoms with Crippen molar-refractivity contribution >= 4 is 35.1 Å². The van der Waals surface area contributed by atoms with Gasteiger partial charge in [0.2, 0.25) is 6.29 Å². The third-order valence-corrected chi connectivity index (χ3v) is 3.09. The van der Waals surface area contributed by atoms with Crippen molar-refractivity contribution in [2.45, 2.75) is 6.42 Å². The molecule has 0 saturated heterocycles. The molecule has 1 heterocycles. The summed E-state index contributed by atoms with van der Waals surface area (Å²) in [4.78, 5) is 23.5. The fraction of sp³-hybridized carbons (Fsp3) is 0.333. The lowest BCUT2D eigenvalue weighted by atomic mass is 10.3. The van der Waals surface area contributed by atoms with Crippen molar-refractivity contribution in [3.05, 3.63) is 21.3 Å². The minimum Gasteiger partial charge on any atom is -0.339 e. The summed E-state index contributed by atoms with van der Waals surface area (Å²) in [6.45, 7) is 0.536. The fourth-order valence-corrected chi connectivity index (χ4v) is 2.04. The molecule has 0 N–H and O–H groups in total. The van der Waals surface area contributed by atoms with Gasteiger partial charge >= 0.3 is 0 Å². The molecule has 0 aliphatic carbocycles. The molecular weight excluding hydrogens is 222 g/mol. The average Bonchev–Trinajstić information content (AvgIpc) is 2.59. The van der Waals surface area contributed by atoms with Crippen LogP contribution in [-0.4, -0.2) is 30.7 Å². The summed E-state index contributed by atoms with van der Waals surface area (Å²) in [6.07, 6.45) is 1.05. The fourth-order valence-electron chi connectivity index (χ4n) is 0.964. The van der Waals surface area contributed by atoms with Gasteiger partial charge in [0.05, 0.1) is 4.34 Å². The second kappa shape index (κ2) is 5.12. The number of thiophene rings is 1. The van der Waals surface area contributed by atoms with Crippen molar-refractivity contribution in [3.8, 4) is 0 Å². The zero-order valence-corrected chi connectivity index (χ0v) is 9.27. The van der Waals surface area contributed by atoms with Gasteiger partial charge in [-0.1, -0.05) is 11.6 Å². The van der Waals surface area contributed by atoms with Crippen molar-refractivity contribution in [3.63, 3.8) is 0 Å². The average molecular weight is 232 g/mol. The van der Waals surface area contributed by atoms with Crippen LogP contribution in [0, 0.1) is 0 Å². The molecule has 0 saturated carbocycles. The van der Waals surface area contributed by atoms with E-state index in [1.165, 1.54) is 16.2 Å².